The van der Waals surface area contributed by atoms with Gasteiger partial charge in [-0.3, -0.25) is 4.98 Å². The molecule has 1 saturated heterocycles. The number of aromatic nitrogens is 2. The van der Waals surface area contributed by atoms with Crippen LogP contribution in [0.2, 0.25) is 0 Å². The summed E-state index contributed by atoms with van der Waals surface area (Å²) in [6, 6.07) is 17.8. The quantitative estimate of drug-likeness (QED) is 0.443. The number of nitrogens with zero attached hydrogens (tertiary/aromatic N) is 4. The van der Waals surface area contributed by atoms with Crippen LogP contribution >= 0.6 is 12.2 Å². The maximum absolute atomic E-state index is 5.94. The van der Waals surface area contributed by atoms with Gasteiger partial charge in [0.25, 0.3) is 0 Å². The molecule has 34 heavy (non-hydrogen) atoms. The Bertz CT molecular complexity index is 1150. The van der Waals surface area contributed by atoms with Gasteiger partial charge in [0.1, 0.15) is 0 Å². The lowest BCUT2D eigenvalue weighted by atomic mass is 9.94. The molecule has 5 nitrogen and oxygen atoms in total. The molecule has 0 spiro atoms. The van der Waals surface area contributed by atoms with E-state index in [1.807, 2.05) is 12.3 Å². The SMILES string of the molecule is Cc1cc([C@H]2[C@H](c3ccccn3)NC(=S)N2c2ccc(N(C)C)cc2)c(C)n1C1CCCCC1. The first-order valence-corrected chi connectivity index (χ1v) is 12.8. The molecule has 0 radical (unpaired) electrons. The summed E-state index contributed by atoms with van der Waals surface area (Å²) in [5.74, 6) is 0. The third-order valence-electron chi connectivity index (χ3n) is 7.52. The fraction of sp³-hybridized carbons (Fsp3) is 0.429. The molecule has 2 aromatic heterocycles. The lowest BCUT2D eigenvalue weighted by molar-refractivity contribution is 0.345. The van der Waals surface area contributed by atoms with Crippen LogP contribution < -0.4 is 15.1 Å². The minimum Gasteiger partial charge on any atom is -0.378 e. The molecule has 0 amide bonds. The van der Waals surface area contributed by atoms with Gasteiger partial charge in [-0.05, 0) is 86.9 Å². The van der Waals surface area contributed by atoms with Crippen molar-refractivity contribution in [3.63, 3.8) is 0 Å². The van der Waals surface area contributed by atoms with Crippen LogP contribution in [0.5, 0.6) is 0 Å². The number of rotatable bonds is 5. The highest BCUT2D eigenvalue weighted by molar-refractivity contribution is 7.80. The second-order valence-electron chi connectivity index (χ2n) is 9.90. The average Bonchev–Trinajstić information content (AvgIpc) is 3.35. The Kier molecular flexibility index (Phi) is 6.34. The van der Waals surface area contributed by atoms with Crippen molar-refractivity contribution in [2.45, 2.75) is 64.1 Å². The van der Waals surface area contributed by atoms with E-state index >= 15 is 0 Å². The first-order chi connectivity index (χ1) is 16.5. The fourth-order valence-corrected chi connectivity index (χ4v) is 6.21. The Labute approximate surface area is 208 Å². The predicted octanol–water partition coefficient (Wildman–Crippen LogP) is 6.25. The third kappa shape index (κ3) is 4.09. The number of thiocarbonyl (C=S) groups is 1. The molecule has 1 aliphatic heterocycles. The minimum absolute atomic E-state index is 0.0115. The van der Waals surface area contributed by atoms with Crippen LogP contribution in [-0.4, -0.2) is 28.8 Å². The summed E-state index contributed by atoms with van der Waals surface area (Å²) in [6.07, 6.45) is 8.44. The number of nitrogens with one attached hydrogen (secondary N) is 1. The average molecular weight is 474 g/mol. The van der Waals surface area contributed by atoms with Crippen LogP contribution in [0.4, 0.5) is 11.4 Å². The second kappa shape index (κ2) is 9.41. The standard InChI is InChI=1S/C28H35N5S/c1-19-18-24(20(2)32(19)22-10-6-5-7-11-22)27-26(25-12-8-9-17-29-25)30-28(34)33(27)23-15-13-21(14-16-23)31(3)4/h8-9,12-18,22,26-27H,5-7,10-11H2,1-4H3,(H,30,34)/t26-,27-/m0/s1. The number of pyridine rings is 1. The van der Waals surface area contributed by atoms with Gasteiger partial charge in [-0.25, -0.2) is 0 Å². The van der Waals surface area contributed by atoms with Crippen LogP contribution in [0.15, 0.2) is 54.7 Å². The Hall–Kier alpha value is -2.86. The zero-order chi connectivity index (χ0) is 23.8. The van der Waals surface area contributed by atoms with Gasteiger partial charge in [0.2, 0.25) is 0 Å². The Balaban J connectivity index is 1.61. The highest BCUT2D eigenvalue weighted by Crippen LogP contribution is 2.44. The number of hydrogen-bond donors (Lipinski definition) is 1. The van der Waals surface area contributed by atoms with E-state index in [9.17, 15) is 0 Å². The Morgan fingerprint density at radius 1 is 1.00 bits per heavy atom. The van der Waals surface area contributed by atoms with E-state index in [0.717, 1.165) is 16.5 Å². The normalized spacial score (nSPS) is 21.1. The van der Waals surface area contributed by atoms with Crippen molar-refractivity contribution < 1.29 is 0 Å². The van der Waals surface area contributed by atoms with Crippen molar-refractivity contribution in [3.05, 3.63) is 77.4 Å². The van der Waals surface area contributed by atoms with E-state index in [4.69, 9.17) is 17.2 Å². The van der Waals surface area contributed by atoms with Gasteiger partial charge in [0.15, 0.2) is 5.11 Å². The molecule has 3 aromatic rings. The molecular weight excluding hydrogens is 438 g/mol. The van der Waals surface area contributed by atoms with Crippen LogP contribution in [0.3, 0.4) is 0 Å². The predicted molar refractivity (Wildman–Crippen MR) is 145 cm³/mol. The van der Waals surface area contributed by atoms with E-state index in [-0.39, 0.29) is 12.1 Å². The molecule has 0 bridgehead atoms. The molecule has 1 saturated carbocycles. The third-order valence-corrected chi connectivity index (χ3v) is 7.84. The fourth-order valence-electron chi connectivity index (χ4n) is 5.86. The van der Waals surface area contributed by atoms with Crippen LogP contribution in [0, 0.1) is 13.8 Å². The Morgan fingerprint density at radius 2 is 1.74 bits per heavy atom. The topological polar surface area (TPSA) is 36.3 Å². The first kappa shape index (κ1) is 22.9. The maximum atomic E-state index is 5.94. The Morgan fingerprint density at radius 3 is 2.38 bits per heavy atom. The van der Waals surface area contributed by atoms with E-state index in [0.29, 0.717) is 6.04 Å². The van der Waals surface area contributed by atoms with Gasteiger partial charge in [0, 0.05) is 49.1 Å². The molecule has 1 aromatic carbocycles. The molecule has 6 heteroatoms. The van der Waals surface area contributed by atoms with Crippen molar-refractivity contribution in [1.29, 1.82) is 0 Å². The molecule has 2 atom stereocenters. The molecule has 3 heterocycles. The number of anilines is 2. The van der Waals surface area contributed by atoms with Crippen molar-refractivity contribution in [2.75, 3.05) is 23.9 Å². The van der Waals surface area contributed by atoms with Crippen molar-refractivity contribution in [1.82, 2.24) is 14.9 Å². The van der Waals surface area contributed by atoms with E-state index in [1.165, 1.54) is 54.7 Å². The van der Waals surface area contributed by atoms with Crippen LogP contribution in [0.1, 0.15) is 72.9 Å². The second-order valence-corrected chi connectivity index (χ2v) is 10.3. The largest absolute Gasteiger partial charge is 0.378 e. The van der Waals surface area contributed by atoms with Gasteiger partial charge >= 0.3 is 0 Å². The molecule has 0 unspecified atom stereocenters. The lowest BCUT2D eigenvalue weighted by Crippen LogP contribution is -2.29. The van der Waals surface area contributed by atoms with Gasteiger partial charge in [-0.1, -0.05) is 25.3 Å². The zero-order valence-corrected chi connectivity index (χ0v) is 21.5. The van der Waals surface area contributed by atoms with Crippen molar-refractivity contribution in [2.24, 2.45) is 0 Å². The number of aryl methyl sites for hydroxylation is 1. The summed E-state index contributed by atoms with van der Waals surface area (Å²) < 4.78 is 2.60. The summed E-state index contributed by atoms with van der Waals surface area (Å²) in [5, 5.41) is 4.37. The summed E-state index contributed by atoms with van der Waals surface area (Å²) in [5.41, 5.74) is 7.34. The lowest BCUT2D eigenvalue weighted by Gasteiger charge is -2.30. The highest BCUT2D eigenvalue weighted by atomic mass is 32.1. The van der Waals surface area contributed by atoms with Gasteiger partial charge < -0.3 is 19.7 Å². The van der Waals surface area contributed by atoms with E-state index in [2.05, 4.69) is 90.1 Å². The van der Waals surface area contributed by atoms with Crippen LogP contribution in [0.25, 0.3) is 0 Å². The molecule has 2 fully saturated rings. The van der Waals surface area contributed by atoms with Gasteiger partial charge in [-0.15, -0.1) is 0 Å². The van der Waals surface area contributed by atoms with Crippen molar-refractivity contribution >= 4 is 28.7 Å². The molecule has 1 N–H and O–H groups in total. The smallest absolute Gasteiger partial charge is 0.174 e. The molecule has 178 valence electrons. The summed E-state index contributed by atoms with van der Waals surface area (Å²) in [4.78, 5) is 9.14. The molecule has 2 aliphatic rings. The number of hydrogen-bond acceptors (Lipinski definition) is 3. The summed E-state index contributed by atoms with van der Waals surface area (Å²) in [6.45, 7) is 4.55. The summed E-state index contributed by atoms with van der Waals surface area (Å²) >= 11 is 5.94. The van der Waals surface area contributed by atoms with E-state index in [1.54, 1.807) is 0 Å². The molecular formula is C28H35N5S. The zero-order valence-electron chi connectivity index (χ0n) is 20.7. The summed E-state index contributed by atoms with van der Waals surface area (Å²) in [7, 11) is 4.13. The van der Waals surface area contributed by atoms with Crippen molar-refractivity contribution in [3.8, 4) is 0 Å². The minimum atomic E-state index is -0.0115. The monoisotopic (exact) mass is 473 g/mol. The molecule has 1 aliphatic carbocycles. The maximum Gasteiger partial charge on any atom is 0.174 e. The van der Waals surface area contributed by atoms with Crippen LogP contribution in [-0.2, 0) is 0 Å². The first-order valence-electron chi connectivity index (χ1n) is 12.4. The molecule has 5 rings (SSSR count). The van der Waals surface area contributed by atoms with Gasteiger partial charge in [0.05, 0.1) is 17.8 Å². The van der Waals surface area contributed by atoms with Gasteiger partial charge in [-0.2, -0.15) is 0 Å². The number of benzene rings is 1. The highest BCUT2D eigenvalue weighted by Gasteiger charge is 2.42. The van der Waals surface area contributed by atoms with E-state index < -0.39 is 0 Å².